The number of nitrogens with zero attached hydrogens (tertiary/aromatic N) is 3. The van der Waals surface area contributed by atoms with E-state index in [0.29, 0.717) is 31.7 Å². The Morgan fingerprint density at radius 3 is 2.37 bits per heavy atom. The van der Waals surface area contributed by atoms with Crippen LogP contribution in [-0.4, -0.2) is 56.0 Å². The molecular weight excluding hydrogens is 266 g/mol. The van der Waals surface area contributed by atoms with Crippen LogP contribution >= 0.6 is 0 Å². The summed E-state index contributed by atoms with van der Waals surface area (Å²) in [5, 5.41) is 7.30. The standard InChI is InChI=1S/C11H17N5O2S/c1-19(17,18)16-6-4-15(5-7-16)10-3-2-9(8-14-10)11(12)13/h2-3,8H,4-7H2,1H3,(H3,12,13). The van der Waals surface area contributed by atoms with Gasteiger partial charge in [-0.3, -0.25) is 5.41 Å². The molecule has 1 aromatic rings. The molecule has 0 atom stereocenters. The topological polar surface area (TPSA) is 103 Å². The molecule has 8 heteroatoms. The molecular formula is C11H17N5O2S. The van der Waals surface area contributed by atoms with Crippen LogP contribution in [0.25, 0.3) is 0 Å². The normalized spacial score (nSPS) is 17.4. The Morgan fingerprint density at radius 1 is 1.32 bits per heavy atom. The van der Waals surface area contributed by atoms with Crippen molar-refractivity contribution in [3.05, 3.63) is 23.9 Å². The van der Waals surface area contributed by atoms with Crippen LogP contribution in [-0.2, 0) is 10.0 Å². The van der Waals surface area contributed by atoms with Gasteiger partial charge in [0.15, 0.2) is 0 Å². The van der Waals surface area contributed by atoms with E-state index >= 15 is 0 Å². The predicted molar refractivity (Wildman–Crippen MR) is 73.9 cm³/mol. The number of rotatable bonds is 3. The highest BCUT2D eigenvalue weighted by atomic mass is 32.2. The summed E-state index contributed by atoms with van der Waals surface area (Å²) in [6, 6.07) is 3.54. The van der Waals surface area contributed by atoms with Gasteiger partial charge in [0, 0.05) is 37.9 Å². The highest BCUT2D eigenvalue weighted by Crippen LogP contribution is 2.15. The van der Waals surface area contributed by atoms with Crippen molar-refractivity contribution < 1.29 is 8.42 Å². The van der Waals surface area contributed by atoms with Crippen LogP contribution < -0.4 is 10.6 Å². The third-order valence-corrected chi connectivity index (χ3v) is 4.39. The van der Waals surface area contributed by atoms with Gasteiger partial charge in [0.05, 0.1) is 6.26 Å². The number of anilines is 1. The smallest absolute Gasteiger partial charge is 0.211 e. The van der Waals surface area contributed by atoms with E-state index in [2.05, 4.69) is 4.98 Å². The SMILES string of the molecule is CS(=O)(=O)N1CCN(c2ccc(C(=N)N)cn2)CC1. The molecule has 1 fully saturated rings. The fourth-order valence-electron chi connectivity index (χ4n) is 1.98. The van der Waals surface area contributed by atoms with E-state index in [1.54, 1.807) is 18.3 Å². The van der Waals surface area contributed by atoms with Crippen molar-refractivity contribution in [3.63, 3.8) is 0 Å². The van der Waals surface area contributed by atoms with E-state index in [-0.39, 0.29) is 5.84 Å². The van der Waals surface area contributed by atoms with Gasteiger partial charge in [0.1, 0.15) is 11.7 Å². The van der Waals surface area contributed by atoms with Gasteiger partial charge in [-0.1, -0.05) is 0 Å². The Hall–Kier alpha value is -1.67. The highest BCUT2D eigenvalue weighted by molar-refractivity contribution is 7.88. The Morgan fingerprint density at radius 2 is 1.95 bits per heavy atom. The maximum atomic E-state index is 11.4. The molecule has 104 valence electrons. The molecule has 0 bridgehead atoms. The van der Waals surface area contributed by atoms with Gasteiger partial charge < -0.3 is 10.6 Å². The van der Waals surface area contributed by atoms with E-state index in [1.807, 2.05) is 4.90 Å². The van der Waals surface area contributed by atoms with Crippen LogP contribution in [0.2, 0.25) is 0 Å². The molecule has 0 unspecified atom stereocenters. The molecule has 7 nitrogen and oxygen atoms in total. The summed E-state index contributed by atoms with van der Waals surface area (Å²) in [6.45, 7) is 2.16. The van der Waals surface area contributed by atoms with Crippen LogP contribution in [0.3, 0.4) is 0 Å². The number of nitrogen functional groups attached to an aromatic ring is 1. The van der Waals surface area contributed by atoms with E-state index < -0.39 is 10.0 Å². The van der Waals surface area contributed by atoms with Crippen molar-refractivity contribution in [3.8, 4) is 0 Å². The maximum absolute atomic E-state index is 11.4. The van der Waals surface area contributed by atoms with Crippen molar-refractivity contribution in [2.75, 3.05) is 37.3 Å². The lowest BCUT2D eigenvalue weighted by Gasteiger charge is -2.33. The Kier molecular flexibility index (Phi) is 3.72. The summed E-state index contributed by atoms with van der Waals surface area (Å²) in [6.07, 6.45) is 2.78. The molecule has 1 aliphatic heterocycles. The largest absolute Gasteiger partial charge is 0.384 e. The summed E-state index contributed by atoms with van der Waals surface area (Å²) < 4.78 is 24.3. The summed E-state index contributed by atoms with van der Waals surface area (Å²) in [7, 11) is -3.11. The number of amidine groups is 1. The van der Waals surface area contributed by atoms with E-state index in [4.69, 9.17) is 11.1 Å². The fourth-order valence-corrected chi connectivity index (χ4v) is 2.81. The molecule has 2 rings (SSSR count). The number of nitrogens with one attached hydrogen (secondary N) is 1. The minimum Gasteiger partial charge on any atom is -0.384 e. The van der Waals surface area contributed by atoms with Gasteiger partial charge in [-0.15, -0.1) is 0 Å². The van der Waals surface area contributed by atoms with Gasteiger partial charge in [0.2, 0.25) is 10.0 Å². The number of hydrogen-bond donors (Lipinski definition) is 2. The molecule has 1 aliphatic rings. The minimum atomic E-state index is -3.11. The molecule has 0 saturated carbocycles. The molecule has 0 amide bonds. The molecule has 0 radical (unpaired) electrons. The monoisotopic (exact) mass is 283 g/mol. The first-order chi connectivity index (χ1) is 8.88. The van der Waals surface area contributed by atoms with E-state index in [9.17, 15) is 8.42 Å². The lowest BCUT2D eigenvalue weighted by atomic mass is 10.2. The Labute approximate surface area is 112 Å². The van der Waals surface area contributed by atoms with Gasteiger partial charge >= 0.3 is 0 Å². The lowest BCUT2D eigenvalue weighted by molar-refractivity contribution is 0.387. The fraction of sp³-hybridized carbons (Fsp3) is 0.455. The number of nitrogens with two attached hydrogens (primary N) is 1. The number of piperazine rings is 1. The average Bonchev–Trinajstić information content (AvgIpc) is 2.38. The third-order valence-electron chi connectivity index (χ3n) is 3.09. The number of sulfonamides is 1. The summed E-state index contributed by atoms with van der Waals surface area (Å²) in [5.41, 5.74) is 5.95. The molecule has 19 heavy (non-hydrogen) atoms. The minimum absolute atomic E-state index is 0.0130. The lowest BCUT2D eigenvalue weighted by Crippen LogP contribution is -2.48. The molecule has 0 spiro atoms. The Balaban J connectivity index is 2.03. The zero-order valence-corrected chi connectivity index (χ0v) is 11.5. The first-order valence-corrected chi connectivity index (χ1v) is 7.73. The molecule has 2 heterocycles. The first-order valence-electron chi connectivity index (χ1n) is 5.88. The zero-order chi connectivity index (χ0) is 14.0. The van der Waals surface area contributed by atoms with Crippen LogP contribution in [0.5, 0.6) is 0 Å². The highest BCUT2D eigenvalue weighted by Gasteiger charge is 2.23. The molecule has 1 saturated heterocycles. The van der Waals surface area contributed by atoms with Gasteiger partial charge in [-0.25, -0.2) is 13.4 Å². The number of pyridine rings is 1. The first kappa shape index (κ1) is 13.8. The Bertz CT molecular complexity index is 561. The van der Waals surface area contributed by atoms with Crippen molar-refractivity contribution in [1.82, 2.24) is 9.29 Å². The average molecular weight is 283 g/mol. The molecule has 3 N–H and O–H groups in total. The van der Waals surface area contributed by atoms with Gasteiger partial charge in [-0.2, -0.15) is 4.31 Å². The third kappa shape index (κ3) is 3.21. The van der Waals surface area contributed by atoms with E-state index in [1.165, 1.54) is 10.6 Å². The second-order valence-corrected chi connectivity index (χ2v) is 6.45. The van der Waals surface area contributed by atoms with Crippen molar-refractivity contribution >= 4 is 21.7 Å². The van der Waals surface area contributed by atoms with Crippen molar-refractivity contribution in [1.29, 1.82) is 5.41 Å². The summed E-state index contributed by atoms with van der Waals surface area (Å²) in [5.74, 6) is 0.763. The zero-order valence-electron chi connectivity index (χ0n) is 10.7. The van der Waals surface area contributed by atoms with Crippen LogP contribution in [0, 0.1) is 5.41 Å². The van der Waals surface area contributed by atoms with Gasteiger partial charge in [0.25, 0.3) is 0 Å². The second-order valence-electron chi connectivity index (χ2n) is 4.47. The molecule has 1 aromatic heterocycles. The van der Waals surface area contributed by atoms with Crippen molar-refractivity contribution in [2.45, 2.75) is 0 Å². The van der Waals surface area contributed by atoms with Crippen LogP contribution in [0.4, 0.5) is 5.82 Å². The second kappa shape index (κ2) is 5.14. The molecule has 0 aliphatic carbocycles. The van der Waals surface area contributed by atoms with Crippen LogP contribution in [0.1, 0.15) is 5.56 Å². The summed E-state index contributed by atoms with van der Waals surface area (Å²) >= 11 is 0. The number of hydrogen-bond acceptors (Lipinski definition) is 5. The maximum Gasteiger partial charge on any atom is 0.211 e. The predicted octanol–water partition coefficient (Wildman–Crippen LogP) is -0.553. The number of aromatic nitrogens is 1. The summed E-state index contributed by atoms with van der Waals surface area (Å²) in [4.78, 5) is 6.27. The van der Waals surface area contributed by atoms with Crippen LogP contribution in [0.15, 0.2) is 18.3 Å². The van der Waals surface area contributed by atoms with E-state index in [0.717, 1.165) is 5.82 Å². The van der Waals surface area contributed by atoms with Crippen molar-refractivity contribution in [2.24, 2.45) is 5.73 Å². The quantitative estimate of drug-likeness (QED) is 0.572. The molecule has 0 aromatic carbocycles. The van der Waals surface area contributed by atoms with Gasteiger partial charge in [-0.05, 0) is 12.1 Å².